The molecule has 1 aliphatic heterocycles. The van der Waals surface area contributed by atoms with Gasteiger partial charge in [-0.25, -0.2) is 9.97 Å². The van der Waals surface area contributed by atoms with Gasteiger partial charge in [0.15, 0.2) is 0 Å². The number of anilines is 1. The van der Waals surface area contributed by atoms with Gasteiger partial charge in [0.2, 0.25) is 0 Å². The first-order chi connectivity index (χ1) is 10.1. The Morgan fingerprint density at radius 1 is 1.29 bits per heavy atom. The number of rotatable bonds is 4. The number of nitrogens with zero attached hydrogens (tertiary/aromatic N) is 4. The van der Waals surface area contributed by atoms with Crippen molar-refractivity contribution in [2.75, 3.05) is 25.0 Å². The first-order valence-corrected chi connectivity index (χ1v) is 7.41. The number of hydrogen-bond donors (Lipinski definition) is 0. The Kier molecular flexibility index (Phi) is 3.88. The van der Waals surface area contributed by atoms with Gasteiger partial charge in [-0.1, -0.05) is 29.8 Å². The largest absolute Gasteiger partial charge is 0.353 e. The zero-order valence-electron chi connectivity index (χ0n) is 13.0. The molecule has 4 nitrogen and oxygen atoms in total. The molecule has 3 rings (SSSR count). The van der Waals surface area contributed by atoms with Crippen molar-refractivity contribution in [2.24, 2.45) is 0 Å². The molecule has 0 radical (unpaired) electrons. The summed E-state index contributed by atoms with van der Waals surface area (Å²) >= 11 is 0. The molecule has 21 heavy (non-hydrogen) atoms. The van der Waals surface area contributed by atoms with Crippen LogP contribution in [0.25, 0.3) is 0 Å². The highest BCUT2D eigenvalue weighted by Crippen LogP contribution is 2.24. The minimum absolute atomic E-state index is 0.597. The molecule has 0 saturated carbocycles. The summed E-state index contributed by atoms with van der Waals surface area (Å²) in [5, 5.41) is 0. The molecular weight excluding hydrogens is 260 g/mol. The van der Waals surface area contributed by atoms with Gasteiger partial charge in [-0.05, 0) is 26.5 Å². The second kappa shape index (κ2) is 5.82. The molecule has 1 aromatic carbocycles. The van der Waals surface area contributed by atoms with Crippen LogP contribution >= 0.6 is 0 Å². The standard InChI is InChI=1S/C17H22N4/c1-13-5-4-6-15(7-13)9-20(3)16-10-21(11-16)17-14(2)8-18-12-19-17/h4-8,12,16H,9-11H2,1-3H3. The molecule has 0 bridgehead atoms. The Balaban J connectivity index is 1.57. The lowest BCUT2D eigenvalue weighted by atomic mass is 10.1. The van der Waals surface area contributed by atoms with Crippen LogP contribution in [0.3, 0.4) is 0 Å². The van der Waals surface area contributed by atoms with Crippen LogP contribution in [0.5, 0.6) is 0 Å². The molecule has 0 atom stereocenters. The maximum atomic E-state index is 4.39. The molecule has 0 unspecified atom stereocenters. The Bertz CT molecular complexity index is 620. The summed E-state index contributed by atoms with van der Waals surface area (Å²) in [6, 6.07) is 9.35. The van der Waals surface area contributed by atoms with Crippen LogP contribution in [-0.4, -0.2) is 41.0 Å². The van der Waals surface area contributed by atoms with Crippen LogP contribution in [0.15, 0.2) is 36.8 Å². The number of benzene rings is 1. The van der Waals surface area contributed by atoms with E-state index in [1.54, 1.807) is 6.33 Å². The molecule has 1 aromatic heterocycles. The molecule has 0 N–H and O–H groups in total. The summed E-state index contributed by atoms with van der Waals surface area (Å²) in [5.41, 5.74) is 3.86. The molecule has 0 aliphatic carbocycles. The quantitative estimate of drug-likeness (QED) is 0.862. The molecule has 110 valence electrons. The van der Waals surface area contributed by atoms with Crippen molar-refractivity contribution in [2.45, 2.75) is 26.4 Å². The third kappa shape index (κ3) is 3.05. The predicted octanol–water partition coefficient (Wildman–Crippen LogP) is 2.41. The summed E-state index contributed by atoms with van der Waals surface area (Å²) in [4.78, 5) is 13.2. The number of aryl methyl sites for hydroxylation is 2. The van der Waals surface area contributed by atoms with Crippen LogP contribution in [0.1, 0.15) is 16.7 Å². The average Bonchev–Trinajstić information content (AvgIpc) is 2.39. The van der Waals surface area contributed by atoms with E-state index in [9.17, 15) is 0 Å². The first kappa shape index (κ1) is 14.0. The Hall–Kier alpha value is -1.94. The Morgan fingerprint density at radius 3 is 2.81 bits per heavy atom. The van der Waals surface area contributed by atoms with Crippen molar-refractivity contribution in [3.05, 3.63) is 53.5 Å². The maximum absolute atomic E-state index is 4.39. The lowest BCUT2D eigenvalue weighted by Gasteiger charge is -2.45. The Morgan fingerprint density at radius 2 is 2.10 bits per heavy atom. The highest BCUT2D eigenvalue weighted by Gasteiger charge is 2.31. The Labute approximate surface area is 126 Å². The maximum Gasteiger partial charge on any atom is 0.134 e. The van der Waals surface area contributed by atoms with Crippen LogP contribution in [-0.2, 0) is 6.54 Å². The fourth-order valence-electron chi connectivity index (χ4n) is 2.86. The van der Waals surface area contributed by atoms with Gasteiger partial charge in [-0.2, -0.15) is 0 Å². The van der Waals surface area contributed by atoms with E-state index in [1.807, 2.05) is 6.20 Å². The molecule has 1 saturated heterocycles. The van der Waals surface area contributed by atoms with Crippen molar-refractivity contribution in [3.8, 4) is 0 Å². The van der Waals surface area contributed by atoms with E-state index in [4.69, 9.17) is 0 Å². The third-order valence-corrected chi connectivity index (χ3v) is 4.17. The van der Waals surface area contributed by atoms with Crippen LogP contribution < -0.4 is 4.90 Å². The second-order valence-corrected chi connectivity index (χ2v) is 5.99. The lowest BCUT2D eigenvalue weighted by Crippen LogP contribution is -2.58. The fraction of sp³-hybridized carbons (Fsp3) is 0.412. The number of likely N-dealkylation sites (N-methyl/N-ethyl adjacent to an activating group) is 1. The predicted molar refractivity (Wildman–Crippen MR) is 85.4 cm³/mol. The molecule has 2 aromatic rings. The average molecular weight is 282 g/mol. The summed E-state index contributed by atoms with van der Waals surface area (Å²) in [5.74, 6) is 1.07. The van der Waals surface area contributed by atoms with E-state index in [-0.39, 0.29) is 0 Å². The van der Waals surface area contributed by atoms with Crippen LogP contribution in [0.2, 0.25) is 0 Å². The van der Waals surface area contributed by atoms with Gasteiger partial charge < -0.3 is 4.90 Å². The van der Waals surface area contributed by atoms with Gasteiger partial charge >= 0.3 is 0 Å². The topological polar surface area (TPSA) is 32.3 Å². The highest BCUT2D eigenvalue weighted by atomic mass is 15.3. The minimum atomic E-state index is 0.597. The van der Waals surface area contributed by atoms with Crippen molar-refractivity contribution >= 4 is 5.82 Å². The van der Waals surface area contributed by atoms with Crippen molar-refractivity contribution in [1.82, 2.24) is 14.9 Å². The van der Waals surface area contributed by atoms with E-state index in [2.05, 4.69) is 64.9 Å². The number of hydrogen-bond acceptors (Lipinski definition) is 4. The number of aromatic nitrogens is 2. The summed E-state index contributed by atoms with van der Waals surface area (Å²) in [6.45, 7) is 7.30. The molecule has 1 fully saturated rings. The SMILES string of the molecule is Cc1cccc(CN(C)C2CN(c3ncncc3C)C2)c1. The van der Waals surface area contributed by atoms with Gasteiger partial charge in [-0.15, -0.1) is 0 Å². The normalized spacial score (nSPS) is 15.3. The summed E-state index contributed by atoms with van der Waals surface area (Å²) < 4.78 is 0. The van der Waals surface area contributed by atoms with Crippen LogP contribution in [0.4, 0.5) is 5.82 Å². The fourth-order valence-corrected chi connectivity index (χ4v) is 2.86. The molecule has 0 spiro atoms. The highest BCUT2D eigenvalue weighted by molar-refractivity contribution is 5.47. The second-order valence-electron chi connectivity index (χ2n) is 5.99. The molecule has 0 amide bonds. The van der Waals surface area contributed by atoms with E-state index >= 15 is 0 Å². The van der Waals surface area contributed by atoms with Gasteiger partial charge in [0, 0.05) is 37.4 Å². The van der Waals surface area contributed by atoms with Crippen LogP contribution in [0, 0.1) is 13.8 Å². The molecular formula is C17H22N4. The third-order valence-electron chi connectivity index (χ3n) is 4.17. The summed E-state index contributed by atoms with van der Waals surface area (Å²) in [7, 11) is 2.21. The van der Waals surface area contributed by atoms with E-state index in [0.29, 0.717) is 6.04 Å². The van der Waals surface area contributed by atoms with Crippen molar-refractivity contribution in [3.63, 3.8) is 0 Å². The lowest BCUT2D eigenvalue weighted by molar-refractivity contribution is 0.196. The zero-order valence-corrected chi connectivity index (χ0v) is 13.0. The molecule has 2 heterocycles. The van der Waals surface area contributed by atoms with Crippen molar-refractivity contribution in [1.29, 1.82) is 0 Å². The molecule has 4 heteroatoms. The van der Waals surface area contributed by atoms with Gasteiger partial charge in [0.05, 0.1) is 0 Å². The zero-order chi connectivity index (χ0) is 14.8. The summed E-state index contributed by atoms with van der Waals surface area (Å²) in [6.07, 6.45) is 3.51. The molecule has 1 aliphatic rings. The first-order valence-electron chi connectivity index (χ1n) is 7.41. The van der Waals surface area contributed by atoms with E-state index in [1.165, 1.54) is 11.1 Å². The van der Waals surface area contributed by atoms with Gasteiger partial charge in [0.25, 0.3) is 0 Å². The monoisotopic (exact) mass is 282 g/mol. The van der Waals surface area contributed by atoms with Gasteiger partial charge in [-0.3, -0.25) is 4.90 Å². The van der Waals surface area contributed by atoms with Crippen molar-refractivity contribution < 1.29 is 0 Å². The van der Waals surface area contributed by atoms with E-state index < -0.39 is 0 Å². The van der Waals surface area contributed by atoms with Gasteiger partial charge in [0.1, 0.15) is 12.1 Å². The smallest absolute Gasteiger partial charge is 0.134 e. The van der Waals surface area contributed by atoms with E-state index in [0.717, 1.165) is 31.0 Å². The minimum Gasteiger partial charge on any atom is -0.353 e.